The van der Waals surface area contributed by atoms with Crippen molar-refractivity contribution in [1.82, 2.24) is 10.2 Å². The molecule has 0 radical (unpaired) electrons. The van der Waals surface area contributed by atoms with E-state index in [0.29, 0.717) is 29.3 Å². The minimum Gasteiger partial charge on any atom is -0.451 e. The largest absolute Gasteiger partial charge is 0.451 e. The van der Waals surface area contributed by atoms with E-state index in [4.69, 9.17) is 4.42 Å². The minimum absolute atomic E-state index is 0.0771. The van der Waals surface area contributed by atoms with Gasteiger partial charge in [0.1, 0.15) is 5.76 Å². The SMILES string of the molecule is O=C(Nc1ccc(-c2ccc(C(=O)N3CCCNCC3)o2)cc1)c1ccccc1. The highest BCUT2D eigenvalue weighted by Gasteiger charge is 2.20. The maximum atomic E-state index is 12.7. The van der Waals surface area contributed by atoms with E-state index in [-0.39, 0.29) is 11.8 Å². The van der Waals surface area contributed by atoms with Gasteiger partial charge in [-0.2, -0.15) is 0 Å². The van der Waals surface area contributed by atoms with Crippen LogP contribution in [-0.2, 0) is 0 Å². The van der Waals surface area contributed by atoms with Crippen molar-refractivity contribution in [3.05, 3.63) is 78.1 Å². The van der Waals surface area contributed by atoms with Crippen molar-refractivity contribution in [2.75, 3.05) is 31.5 Å². The second kappa shape index (κ2) is 8.75. The van der Waals surface area contributed by atoms with Gasteiger partial charge in [0.15, 0.2) is 5.76 Å². The number of nitrogens with zero attached hydrogens (tertiary/aromatic N) is 1. The molecule has 1 aliphatic heterocycles. The van der Waals surface area contributed by atoms with Gasteiger partial charge in [0.2, 0.25) is 0 Å². The van der Waals surface area contributed by atoms with Crippen LogP contribution in [0.25, 0.3) is 11.3 Å². The van der Waals surface area contributed by atoms with Crippen molar-refractivity contribution in [2.45, 2.75) is 6.42 Å². The molecular weight excluding hydrogens is 366 g/mol. The highest BCUT2D eigenvalue weighted by atomic mass is 16.4. The first-order valence-corrected chi connectivity index (χ1v) is 9.77. The molecule has 0 spiro atoms. The van der Waals surface area contributed by atoms with Crippen LogP contribution in [0, 0.1) is 0 Å². The standard InChI is InChI=1S/C23H23N3O3/c27-22(18-5-2-1-3-6-18)25-19-9-7-17(8-10-19)20-11-12-21(29-20)23(28)26-15-4-13-24-14-16-26/h1-3,5-12,24H,4,13-16H2,(H,25,27). The third kappa shape index (κ3) is 4.55. The molecule has 0 aliphatic carbocycles. The summed E-state index contributed by atoms with van der Waals surface area (Å²) in [5.74, 6) is 0.744. The lowest BCUT2D eigenvalue weighted by atomic mass is 10.1. The summed E-state index contributed by atoms with van der Waals surface area (Å²) in [7, 11) is 0. The van der Waals surface area contributed by atoms with Gasteiger partial charge in [-0.15, -0.1) is 0 Å². The second-order valence-corrected chi connectivity index (χ2v) is 6.96. The van der Waals surface area contributed by atoms with E-state index < -0.39 is 0 Å². The number of carbonyl (C=O) groups is 2. The average Bonchev–Trinajstić information content (AvgIpc) is 3.10. The van der Waals surface area contributed by atoms with Crippen LogP contribution in [-0.4, -0.2) is 42.9 Å². The zero-order valence-electron chi connectivity index (χ0n) is 16.1. The first-order chi connectivity index (χ1) is 14.2. The van der Waals surface area contributed by atoms with Gasteiger partial charge < -0.3 is 20.0 Å². The molecular formula is C23H23N3O3. The molecule has 148 valence electrons. The van der Waals surface area contributed by atoms with Gasteiger partial charge in [0.25, 0.3) is 11.8 Å². The highest BCUT2D eigenvalue weighted by molar-refractivity contribution is 6.04. The molecule has 1 saturated heterocycles. The third-order valence-corrected chi connectivity index (χ3v) is 4.91. The van der Waals surface area contributed by atoms with Crippen LogP contribution in [0.2, 0.25) is 0 Å². The fraction of sp³-hybridized carbons (Fsp3) is 0.217. The smallest absolute Gasteiger partial charge is 0.289 e. The summed E-state index contributed by atoms with van der Waals surface area (Å²) in [5, 5.41) is 6.16. The molecule has 0 bridgehead atoms. The summed E-state index contributed by atoms with van der Waals surface area (Å²) in [6, 6.07) is 20.0. The number of rotatable bonds is 4. The summed E-state index contributed by atoms with van der Waals surface area (Å²) in [6.45, 7) is 3.15. The zero-order chi connectivity index (χ0) is 20.1. The van der Waals surface area contributed by atoms with E-state index in [1.165, 1.54) is 0 Å². The first-order valence-electron chi connectivity index (χ1n) is 9.77. The number of hydrogen-bond donors (Lipinski definition) is 2. The maximum Gasteiger partial charge on any atom is 0.289 e. The number of hydrogen-bond acceptors (Lipinski definition) is 4. The molecule has 2 heterocycles. The fourth-order valence-electron chi connectivity index (χ4n) is 3.32. The Morgan fingerprint density at radius 2 is 1.69 bits per heavy atom. The van der Waals surface area contributed by atoms with Crippen molar-refractivity contribution in [2.24, 2.45) is 0 Å². The molecule has 6 heteroatoms. The fourth-order valence-corrected chi connectivity index (χ4v) is 3.32. The van der Waals surface area contributed by atoms with Crippen LogP contribution in [0.5, 0.6) is 0 Å². The molecule has 1 fully saturated rings. The minimum atomic E-state index is -0.156. The normalized spacial score (nSPS) is 14.3. The number of amides is 2. The molecule has 2 N–H and O–H groups in total. The maximum absolute atomic E-state index is 12.7. The van der Waals surface area contributed by atoms with E-state index in [9.17, 15) is 9.59 Å². The topological polar surface area (TPSA) is 74.6 Å². The van der Waals surface area contributed by atoms with E-state index in [1.807, 2.05) is 47.4 Å². The lowest BCUT2D eigenvalue weighted by Gasteiger charge is -2.18. The number of furan rings is 1. The Kier molecular flexibility index (Phi) is 5.72. The van der Waals surface area contributed by atoms with Gasteiger partial charge in [-0.05, 0) is 61.5 Å². The van der Waals surface area contributed by atoms with Crippen molar-refractivity contribution in [3.8, 4) is 11.3 Å². The summed E-state index contributed by atoms with van der Waals surface area (Å²) in [5.41, 5.74) is 2.15. The molecule has 2 amide bonds. The van der Waals surface area contributed by atoms with Crippen LogP contribution in [0.15, 0.2) is 71.1 Å². The Bertz CT molecular complexity index is 972. The predicted octanol–water partition coefficient (Wildman–Crippen LogP) is 3.63. The Hall–Kier alpha value is -3.38. The third-order valence-electron chi connectivity index (χ3n) is 4.91. The molecule has 0 saturated carbocycles. The predicted molar refractivity (Wildman–Crippen MR) is 112 cm³/mol. The number of anilines is 1. The van der Waals surface area contributed by atoms with Gasteiger partial charge in [-0.1, -0.05) is 18.2 Å². The first kappa shape index (κ1) is 19.0. The molecule has 6 nitrogen and oxygen atoms in total. The Morgan fingerprint density at radius 1 is 0.897 bits per heavy atom. The monoisotopic (exact) mass is 389 g/mol. The summed E-state index contributed by atoms with van der Waals surface area (Å²) >= 11 is 0. The highest BCUT2D eigenvalue weighted by Crippen LogP contribution is 2.25. The van der Waals surface area contributed by atoms with E-state index in [1.54, 1.807) is 24.3 Å². The Labute approximate surface area is 169 Å². The summed E-state index contributed by atoms with van der Waals surface area (Å²) in [6.07, 6.45) is 0.940. The number of carbonyl (C=O) groups excluding carboxylic acids is 2. The van der Waals surface area contributed by atoms with Gasteiger partial charge in [0.05, 0.1) is 0 Å². The molecule has 1 aliphatic rings. The van der Waals surface area contributed by atoms with Crippen molar-refractivity contribution >= 4 is 17.5 Å². The number of benzene rings is 2. The van der Waals surface area contributed by atoms with Crippen LogP contribution in [0.4, 0.5) is 5.69 Å². The van der Waals surface area contributed by atoms with Gasteiger partial charge in [0, 0.05) is 36.4 Å². The Morgan fingerprint density at radius 3 is 2.48 bits per heavy atom. The molecule has 3 aromatic rings. The lowest BCUT2D eigenvalue weighted by molar-refractivity contribution is 0.0735. The van der Waals surface area contributed by atoms with E-state index in [2.05, 4.69) is 10.6 Å². The molecule has 29 heavy (non-hydrogen) atoms. The molecule has 0 unspecified atom stereocenters. The zero-order valence-corrected chi connectivity index (χ0v) is 16.1. The van der Waals surface area contributed by atoms with Gasteiger partial charge >= 0.3 is 0 Å². The van der Waals surface area contributed by atoms with Gasteiger partial charge in [-0.25, -0.2) is 0 Å². The quantitative estimate of drug-likeness (QED) is 0.715. The molecule has 4 rings (SSSR count). The summed E-state index contributed by atoms with van der Waals surface area (Å²) < 4.78 is 5.82. The summed E-state index contributed by atoms with van der Waals surface area (Å²) in [4.78, 5) is 26.7. The molecule has 2 aromatic carbocycles. The van der Waals surface area contributed by atoms with Crippen LogP contribution in [0.3, 0.4) is 0 Å². The van der Waals surface area contributed by atoms with E-state index >= 15 is 0 Å². The Balaban J connectivity index is 1.43. The van der Waals surface area contributed by atoms with Crippen LogP contribution in [0.1, 0.15) is 27.3 Å². The van der Waals surface area contributed by atoms with Gasteiger partial charge in [-0.3, -0.25) is 9.59 Å². The second-order valence-electron chi connectivity index (χ2n) is 6.96. The van der Waals surface area contributed by atoms with Crippen molar-refractivity contribution in [1.29, 1.82) is 0 Å². The van der Waals surface area contributed by atoms with Crippen LogP contribution >= 0.6 is 0 Å². The average molecular weight is 389 g/mol. The molecule has 1 aromatic heterocycles. The van der Waals surface area contributed by atoms with Crippen molar-refractivity contribution in [3.63, 3.8) is 0 Å². The number of nitrogens with one attached hydrogen (secondary N) is 2. The van der Waals surface area contributed by atoms with Crippen molar-refractivity contribution < 1.29 is 14.0 Å². The van der Waals surface area contributed by atoms with Crippen LogP contribution < -0.4 is 10.6 Å². The lowest BCUT2D eigenvalue weighted by Crippen LogP contribution is -2.33. The van der Waals surface area contributed by atoms with E-state index in [0.717, 1.165) is 31.6 Å². The molecule has 0 atom stereocenters.